The van der Waals surface area contributed by atoms with Gasteiger partial charge in [0.05, 0.1) is 18.3 Å². The largest absolute Gasteiger partial charge is 0.480 e. The molecule has 8 nitrogen and oxygen atoms in total. The minimum atomic E-state index is -0.999. The number of carboxylic acids is 1. The first-order valence-corrected chi connectivity index (χ1v) is 5.87. The van der Waals surface area contributed by atoms with Crippen molar-refractivity contribution in [3.05, 3.63) is 34.7 Å². The van der Waals surface area contributed by atoms with Gasteiger partial charge >= 0.3 is 5.97 Å². The second-order valence-corrected chi connectivity index (χ2v) is 4.17. The first-order chi connectivity index (χ1) is 9.60. The van der Waals surface area contributed by atoms with E-state index in [0.717, 1.165) is 0 Å². The molecule has 0 amide bonds. The summed E-state index contributed by atoms with van der Waals surface area (Å²) in [6.07, 6.45) is 2.97. The Labute approximate surface area is 118 Å². The minimum absolute atomic E-state index is 0.230. The summed E-state index contributed by atoms with van der Waals surface area (Å²) in [5, 5.41) is 28.1. The molecule has 2 heterocycles. The third-order valence-electron chi connectivity index (χ3n) is 2.33. The molecule has 0 aliphatic heterocycles. The standard InChI is InChI=1S/C11H9ClN6O2/c12-10-7(3-13)1-2-14-11(10)15-4-8-5-18(17-16-8)6-9(19)20/h1-2,5H,4,6H2,(H,14,15)(H,19,20). The Kier molecular flexibility index (Phi) is 4.12. The first-order valence-electron chi connectivity index (χ1n) is 5.49. The van der Waals surface area contributed by atoms with Crippen molar-refractivity contribution in [3.63, 3.8) is 0 Å². The fourth-order valence-electron chi connectivity index (χ4n) is 1.46. The van der Waals surface area contributed by atoms with Gasteiger partial charge in [-0.1, -0.05) is 16.8 Å². The van der Waals surface area contributed by atoms with Gasteiger partial charge in [0.2, 0.25) is 0 Å². The maximum Gasteiger partial charge on any atom is 0.325 e. The van der Waals surface area contributed by atoms with Gasteiger partial charge in [0, 0.05) is 6.20 Å². The predicted octanol–water partition coefficient (Wildman–Crippen LogP) is 0.895. The minimum Gasteiger partial charge on any atom is -0.480 e. The van der Waals surface area contributed by atoms with Gasteiger partial charge in [-0.3, -0.25) is 4.79 Å². The van der Waals surface area contributed by atoms with Crippen LogP contribution in [0.2, 0.25) is 5.02 Å². The van der Waals surface area contributed by atoms with E-state index >= 15 is 0 Å². The van der Waals surface area contributed by atoms with Gasteiger partial charge in [0.15, 0.2) is 0 Å². The molecule has 0 saturated heterocycles. The number of hydrogen-bond acceptors (Lipinski definition) is 6. The third kappa shape index (κ3) is 3.21. The first kappa shape index (κ1) is 13.8. The maximum atomic E-state index is 10.5. The highest BCUT2D eigenvalue weighted by atomic mass is 35.5. The average molecular weight is 293 g/mol. The summed E-state index contributed by atoms with van der Waals surface area (Å²) in [5.41, 5.74) is 0.852. The monoisotopic (exact) mass is 292 g/mol. The molecule has 2 N–H and O–H groups in total. The zero-order valence-corrected chi connectivity index (χ0v) is 10.9. The molecule has 2 aromatic heterocycles. The number of nitrogens with zero attached hydrogens (tertiary/aromatic N) is 5. The molecule has 0 fully saturated rings. The quantitative estimate of drug-likeness (QED) is 0.840. The highest BCUT2D eigenvalue weighted by Gasteiger charge is 2.08. The van der Waals surface area contributed by atoms with Crippen LogP contribution in [0.25, 0.3) is 0 Å². The van der Waals surface area contributed by atoms with Crippen molar-refractivity contribution in [1.82, 2.24) is 20.0 Å². The number of carboxylic acid groups (broad SMARTS) is 1. The molecule has 0 aliphatic rings. The number of anilines is 1. The molecule has 9 heteroatoms. The van der Waals surface area contributed by atoms with Crippen LogP contribution in [0.5, 0.6) is 0 Å². The molecule has 0 radical (unpaired) electrons. The molecule has 0 spiro atoms. The van der Waals surface area contributed by atoms with Crippen LogP contribution in [0.1, 0.15) is 11.3 Å². The number of nitriles is 1. The summed E-state index contributed by atoms with van der Waals surface area (Å²) in [7, 11) is 0. The van der Waals surface area contributed by atoms with Gasteiger partial charge in [-0.15, -0.1) is 5.10 Å². The van der Waals surface area contributed by atoms with Crippen molar-refractivity contribution in [2.45, 2.75) is 13.1 Å². The number of halogens is 1. The second-order valence-electron chi connectivity index (χ2n) is 3.79. The molecule has 0 saturated carbocycles. The number of hydrogen-bond donors (Lipinski definition) is 2. The van der Waals surface area contributed by atoms with Crippen LogP contribution in [-0.4, -0.2) is 31.1 Å². The number of nitrogens with one attached hydrogen (secondary N) is 1. The summed E-state index contributed by atoms with van der Waals surface area (Å²) in [4.78, 5) is 14.5. The fraction of sp³-hybridized carbons (Fsp3) is 0.182. The van der Waals surface area contributed by atoms with Gasteiger partial charge in [0.25, 0.3) is 0 Å². The van der Waals surface area contributed by atoms with E-state index < -0.39 is 5.97 Å². The van der Waals surface area contributed by atoms with Gasteiger partial charge < -0.3 is 10.4 Å². The van der Waals surface area contributed by atoms with Crippen LogP contribution in [0.4, 0.5) is 5.82 Å². The summed E-state index contributed by atoms with van der Waals surface area (Å²) in [5.74, 6) is -0.639. The van der Waals surface area contributed by atoms with E-state index in [0.29, 0.717) is 17.1 Å². The molecular formula is C11H9ClN6O2. The molecule has 102 valence electrons. The number of carbonyl (C=O) groups is 1. The second kappa shape index (κ2) is 5.99. The van der Waals surface area contributed by atoms with Crippen molar-refractivity contribution < 1.29 is 9.90 Å². The average Bonchev–Trinajstić information content (AvgIpc) is 2.84. The lowest BCUT2D eigenvalue weighted by molar-refractivity contribution is -0.137. The Hall–Kier alpha value is -2.66. The lowest BCUT2D eigenvalue weighted by Gasteiger charge is -2.05. The molecule has 0 unspecified atom stereocenters. The van der Waals surface area contributed by atoms with E-state index in [-0.39, 0.29) is 18.1 Å². The van der Waals surface area contributed by atoms with Crippen molar-refractivity contribution in [1.29, 1.82) is 5.26 Å². The Bertz CT molecular complexity index is 678. The molecule has 2 aromatic rings. The lowest BCUT2D eigenvalue weighted by Crippen LogP contribution is -2.09. The highest BCUT2D eigenvalue weighted by molar-refractivity contribution is 6.34. The summed E-state index contributed by atoms with van der Waals surface area (Å²) in [6, 6.07) is 3.46. The maximum absolute atomic E-state index is 10.5. The van der Waals surface area contributed by atoms with Crippen LogP contribution >= 0.6 is 11.6 Å². The third-order valence-corrected chi connectivity index (χ3v) is 2.71. The van der Waals surface area contributed by atoms with Gasteiger partial charge in [-0.2, -0.15) is 5.26 Å². The molecule has 0 atom stereocenters. The predicted molar refractivity (Wildman–Crippen MR) is 68.9 cm³/mol. The van der Waals surface area contributed by atoms with E-state index in [1.54, 1.807) is 0 Å². The summed E-state index contributed by atoms with van der Waals surface area (Å²) < 4.78 is 1.21. The van der Waals surface area contributed by atoms with Crippen LogP contribution in [-0.2, 0) is 17.9 Å². The lowest BCUT2D eigenvalue weighted by atomic mass is 10.3. The molecule has 0 aromatic carbocycles. The molecule has 0 aliphatic carbocycles. The molecular weight excluding hydrogens is 284 g/mol. The van der Waals surface area contributed by atoms with Gasteiger partial charge in [0.1, 0.15) is 29.1 Å². The van der Waals surface area contributed by atoms with Crippen LogP contribution in [0, 0.1) is 11.3 Å². The number of aromatic nitrogens is 4. The Morgan fingerprint density at radius 3 is 3.10 bits per heavy atom. The van der Waals surface area contributed by atoms with Crippen LogP contribution in [0.15, 0.2) is 18.5 Å². The topological polar surface area (TPSA) is 117 Å². The zero-order chi connectivity index (χ0) is 14.5. The van der Waals surface area contributed by atoms with Crippen molar-refractivity contribution in [2.75, 3.05) is 5.32 Å². The Morgan fingerprint density at radius 1 is 1.60 bits per heavy atom. The van der Waals surface area contributed by atoms with E-state index in [9.17, 15) is 4.79 Å². The van der Waals surface area contributed by atoms with Crippen molar-refractivity contribution >= 4 is 23.4 Å². The van der Waals surface area contributed by atoms with Gasteiger partial charge in [-0.25, -0.2) is 9.67 Å². The van der Waals surface area contributed by atoms with E-state index in [4.69, 9.17) is 22.0 Å². The number of pyridine rings is 1. The smallest absolute Gasteiger partial charge is 0.325 e. The zero-order valence-electron chi connectivity index (χ0n) is 10.1. The molecule has 20 heavy (non-hydrogen) atoms. The van der Waals surface area contributed by atoms with E-state index in [1.807, 2.05) is 6.07 Å². The Balaban J connectivity index is 2.04. The van der Waals surface area contributed by atoms with Crippen LogP contribution in [0.3, 0.4) is 0 Å². The van der Waals surface area contributed by atoms with Crippen molar-refractivity contribution in [3.8, 4) is 6.07 Å². The molecule has 0 bridgehead atoms. The number of rotatable bonds is 5. The fourth-order valence-corrected chi connectivity index (χ4v) is 1.68. The summed E-state index contributed by atoms with van der Waals surface area (Å²) in [6.45, 7) is 0.0111. The Morgan fingerprint density at radius 2 is 2.40 bits per heavy atom. The number of aliphatic carboxylic acids is 1. The SMILES string of the molecule is N#Cc1ccnc(NCc2cn(CC(=O)O)nn2)c1Cl. The highest BCUT2D eigenvalue weighted by Crippen LogP contribution is 2.22. The summed E-state index contributed by atoms with van der Waals surface area (Å²) >= 11 is 5.98. The van der Waals surface area contributed by atoms with E-state index in [1.165, 1.54) is 23.1 Å². The van der Waals surface area contributed by atoms with Crippen molar-refractivity contribution in [2.24, 2.45) is 0 Å². The van der Waals surface area contributed by atoms with E-state index in [2.05, 4.69) is 20.6 Å². The normalized spacial score (nSPS) is 10.0. The van der Waals surface area contributed by atoms with Gasteiger partial charge in [-0.05, 0) is 6.07 Å². The van der Waals surface area contributed by atoms with Crippen LogP contribution < -0.4 is 5.32 Å². The molecule has 2 rings (SSSR count).